The van der Waals surface area contributed by atoms with Gasteiger partial charge in [0.15, 0.2) is 5.96 Å². The lowest BCUT2D eigenvalue weighted by Crippen LogP contribution is -2.46. The number of aliphatic imine (C=N–C) groups is 1. The first-order valence-electron chi connectivity index (χ1n) is 8.93. The number of hydrogen-bond donors (Lipinski definition) is 1. The molecule has 1 fully saturated rings. The van der Waals surface area contributed by atoms with Gasteiger partial charge in [0.05, 0.1) is 0 Å². The highest BCUT2D eigenvalue weighted by Crippen LogP contribution is 2.17. The summed E-state index contributed by atoms with van der Waals surface area (Å²) in [6.07, 6.45) is 4.78. The molecule has 1 rings (SSSR count). The Morgan fingerprint density at radius 2 is 2.04 bits per heavy atom. The van der Waals surface area contributed by atoms with Gasteiger partial charge in [0.1, 0.15) is 6.54 Å². The third-order valence-electron chi connectivity index (χ3n) is 4.43. The molecule has 1 N–H and O–H groups in total. The second-order valence-electron chi connectivity index (χ2n) is 6.51. The van der Waals surface area contributed by atoms with Crippen molar-refractivity contribution in [2.24, 2.45) is 4.99 Å². The van der Waals surface area contributed by atoms with E-state index in [1.165, 1.54) is 19.4 Å². The lowest BCUT2D eigenvalue weighted by molar-refractivity contribution is -0.127. The summed E-state index contributed by atoms with van der Waals surface area (Å²) >= 11 is 0. The van der Waals surface area contributed by atoms with Crippen molar-refractivity contribution in [3.63, 3.8) is 0 Å². The monoisotopic (exact) mass is 325 g/mol. The maximum Gasteiger partial charge on any atom is 0.243 e. The van der Waals surface area contributed by atoms with Crippen molar-refractivity contribution < 1.29 is 4.79 Å². The molecule has 0 radical (unpaired) electrons. The molecule has 1 unspecified atom stereocenters. The molecule has 0 aromatic rings. The summed E-state index contributed by atoms with van der Waals surface area (Å²) in [4.78, 5) is 22.6. The predicted molar refractivity (Wildman–Crippen MR) is 96.8 cm³/mol. The van der Waals surface area contributed by atoms with Gasteiger partial charge in [-0.05, 0) is 32.4 Å². The number of carbonyl (C=O) groups excluding carboxylic acids is 1. The maximum absolute atomic E-state index is 11.8. The van der Waals surface area contributed by atoms with E-state index in [-0.39, 0.29) is 12.5 Å². The van der Waals surface area contributed by atoms with Crippen LogP contribution in [0.3, 0.4) is 0 Å². The van der Waals surface area contributed by atoms with Crippen LogP contribution in [0.2, 0.25) is 0 Å². The summed E-state index contributed by atoms with van der Waals surface area (Å²) in [6, 6.07) is 0.590. The molecule has 6 nitrogen and oxygen atoms in total. The number of likely N-dealkylation sites (tertiary alicyclic amines) is 1. The fourth-order valence-electron chi connectivity index (χ4n) is 2.89. The van der Waals surface area contributed by atoms with Crippen molar-refractivity contribution in [3.8, 4) is 0 Å². The van der Waals surface area contributed by atoms with E-state index < -0.39 is 0 Å². The number of carbonyl (C=O) groups is 1. The number of guanidine groups is 1. The average Bonchev–Trinajstić information content (AvgIpc) is 2.97. The average molecular weight is 326 g/mol. The molecule has 0 aromatic carbocycles. The van der Waals surface area contributed by atoms with E-state index in [9.17, 15) is 4.79 Å². The zero-order chi connectivity index (χ0) is 17.2. The highest BCUT2D eigenvalue weighted by molar-refractivity contribution is 5.84. The Morgan fingerprint density at radius 1 is 1.30 bits per heavy atom. The molecule has 0 aliphatic carbocycles. The minimum Gasteiger partial charge on any atom is -0.356 e. The third kappa shape index (κ3) is 6.77. The van der Waals surface area contributed by atoms with Crippen molar-refractivity contribution in [2.75, 3.05) is 53.9 Å². The Hall–Kier alpha value is -1.30. The smallest absolute Gasteiger partial charge is 0.243 e. The van der Waals surface area contributed by atoms with E-state index in [1.807, 2.05) is 0 Å². The van der Waals surface area contributed by atoms with E-state index in [0.29, 0.717) is 6.04 Å². The molecule has 134 valence electrons. The second-order valence-corrected chi connectivity index (χ2v) is 6.51. The zero-order valence-electron chi connectivity index (χ0n) is 15.6. The highest BCUT2D eigenvalue weighted by atomic mass is 16.2. The molecule has 23 heavy (non-hydrogen) atoms. The number of rotatable bonds is 8. The van der Waals surface area contributed by atoms with Gasteiger partial charge >= 0.3 is 0 Å². The van der Waals surface area contributed by atoms with Crippen molar-refractivity contribution >= 4 is 11.9 Å². The van der Waals surface area contributed by atoms with Crippen LogP contribution >= 0.6 is 0 Å². The summed E-state index contributed by atoms with van der Waals surface area (Å²) in [6.45, 7) is 8.77. The molecule has 1 atom stereocenters. The van der Waals surface area contributed by atoms with Gasteiger partial charge in [-0.15, -0.1) is 0 Å². The fourth-order valence-corrected chi connectivity index (χ4v) is 2.89. The van der Waals surface area contributed by atoms with E-state index in [2.05, 4.69) is 41.0 Å². The minimum absolute atomic E-state index is 0.0317. The van der Waals surface area contributed by atoms with Gasteiger partial charge in [0, 0.05) is 40.3 Å². The van der Waals surface area contributed by atoms with Crippen LogP contribution in [0.4, 0.5) is 0 Å². The first kappa shape index (κ1) is 19.7. The van der Waals surface area contributed by atoms with Crippen molar-refractivity contribution in [1.29, 1.82) is 0 Å². The van der Waals surface area contributed by atoms with Gasteiger partial charge in [-0.2, -0.15) is 0 Å². The van der Waals surface area contributed by atoms with E-state index >= 15 is 0 Å². The molecule has 1 heterocycles. The van der Waals surface area contributed by atoms with Crippen molar-refractivity contribution in [2.45, 2.75) is 45.6 Å². The number of likely N-dealkylation sites (N-methyl/N-ethyl adjacent to an activating group) is 3. The molecular formula is C17H35N5O. The van der Waals surface area contributed by atoms with Crippen LogP contribution in [0.1, 0.15) is 39.5 Å². The first-order chi connectivity index (χ1) is 11.0. The van der Waals surface area contributed by atoms with Crippen LogP contribution in [0, 0.1) is 0 Å². The summed E-state index contributed by atoms with van der Waals surface area (Å²) < 4.78 is 0. The normalized spacial score (nSPS) is 19.0. The molecular weight excluding hydrogens is 290 g/mol. The molecule has 6 heteroatoms. The van der Waals surface area contributed by atoms with E-state index in [4.69, 9.17) is 0 Å². The molecule has 1 saturated heterocycles. The molecule has 0 aromatic heterocycles. The highest BCUT2D eigenvalue weighted by Gasteiger charge is 2.25. The second kappa shape index (κ2) is 10.5. The van der Waals surface area contributed by atoms with Crippen molar-refractivity contribution in [3.05, 3.63) is 0 Å². The van der Waals surface area contributed by atoms with Gasteiger partial charge in [0.2, 0.25) is 5.91 Å². The van der Waals surface area contributed by atoms with Gasteiger partial charge in [-0.1, -0.05) is 20.3 Å². The quantitative estimate of drug-likeness (QED) is 0.414. The Bertz CT molecular complexity index is 383. The molecule has 1 aliphatic rings. The predicted octanol–water partition coefficient (Wildman–Crippen LogP) is 1.24. The number of amides is 1. The van der Waals surface area contributed by atoms with Crippen LogP contribution in [-0.4, -0.2) is 86.5 Å². The van der Waals surface area contributed by atoms with Crippen LogP contribution in [-0.2, 0) is 4.79 Å². The molecule has 0 saturated carbocycles. The minimum atomic E-state index is 0.0317. The lowest BCUT2D eigenvalue weighted by atomic mass is 10.2. The van der Waals surface area contributed by atoms with Crippen LogP contribution < -0.4 is 5.32 Å². The zero-order valence-corrected chi connectivity index (χ0v) is 15.6. The number of unbranched alkanes of at least 4 members (excludes halogenated alkanes) is 1. The number of hydrogen-bond acceptors (Lipinski definition) is 3. The van der Waals surface area contributed by atoms with Gasteiger partial charge in [0.25, 0.3) is 0 Å². The topological polar surface area (TPSA) is 51.2 Å². The first-order valence-corrected chi connectivity index (χ1v) is 8.93. The van der Waals surface area contributed by atoms with Crippen LogP contribution in [0.25, 0.3) is 0 Å². The van der Waals surface area contributed by atoms with Crippen LogP contribution in [0.5, 0.6) is 0 Å². The van der Waals surface area contributed by atoms with E-state index in [1.54, 1.807) is 19.0 Å². The standard InChI is InChI=1S/C17H35N5O/c1-6-8-11-18-17(19-13-16(23)20(3)4)21(5)14-15-10-9-12-22(15)7-2/h15H,6-14H2,1-5H3,(H,18,19). The largest absolute Gasteiger partial charge is 0.356 e. The molecule has 1 aliphatic heterocycles. The Balaban J connectivity index is 2.64. The Morgan fingerprint density at radius 3 is 2.65 bits per heavy atom. The molecule has 1 amide bonds. The van der Waals surface area contributed by atoms with Gasteiger partial charge in [-0.25, -0.2) is 4.99 Å². The van der Waals surface area contributed by atoms with Gasteiger partial charge in [-0.3, -0.25) is 9.69 Å². The number of nitrogens with zero attached hydrogens (tertiary/aromatic N) is 4. The Kier molecular flexibility index (Phi) is 8.99. The Labute approximate surface area is 141 Å². The number of nitrogens with one attached hydrogen (secondary N) is 1. The summed E-state index contributed by atoms with van der Waals surface area (Å²) in [5, 5.41) is 3.41. The summed E-state index contributed by atoms with van der Waals surface area (Å²) in [5.74, 6) is 0.876. The summed E-state index contributed by atoms with van der Waals surface area (Å²) in [5.41, 5.74) is 0. The van der Waals surface area contributed by atoms with Crippen LogP contribution in [0.15, 0.2) is 4.99 Å². The molecule has 0 spiro atoms. The summed E-state index contributed by atoms with van der Waals surface area (Å²) in [7, 11) is 5.61. The fraction of sp³-hybridized carbons (Fsp3) is 0.882. The van der Waals surface area contributed by atoms with Crippen molar-refractivity contribution in [1.82, 2.24) is 20.0 Å². The van der Waals surface area contributed by atoms with Gasteiger partial charge < -0.3 is 15.1 Å². The third-order valence-corrected chi connectivity index (χ3v) is 4.43. The maximum atomic E-state index is 11.8. The van der Waals surface area contributed by atoms with E-state index in [0.717, 1.165) is 38.4 Å². The lowest BCUT2D eigenvalue weighted by Gasteiger charge is -2.30. The molecule has 0 bridgehead atoms. The SMILES string of the molecule is CCCCNC(=NCC(=O)N(C)C)N(C)CC1CCCN1CC.